The Morgan fingerprint density at radius 3 is 2.61 bits per heavy atom. The number of fused-ring (bicyclic) bond motifs is 1. The maximum atomic E-state index is 13.6. The Kier molecular flexibility index (Phi) is 5.31. The van der Waals surface area contributed by atoms with E-state index in [0.29, 0.717) is 5.17 Å². The number of rotatable bonds is 3. The number of thioether (sulfide) groups is 1. The minimum Gasteiger partial charge on any atom is -0.318 e. The van der Waals surface area contributed by atoms with Gasteiger partial charge < -0.3 is 4.57 Å². The SMILES string of the molecule is Cc1cc(C=C2C(=N)N3C(c4ccccc4)=CSC3=NC2=O)c(C)n1-c1ccc(F)c(Cl)c1. The highest BCUT2D eigenvalue weighted by atomic mass is 35.5. The molecule has 0 aliphatic carbocycles. The molecule has 164 valence electrons. The number of amidine groups is 2. The number of amides is 1. The van der Waals surface area contributed by atoms with Gasteiger partial charge in [0.15, 0.2) is 5.17 Å². The van der Waals surface area contributed by atoms with E-state index in [-0.39, 0.29) is 16.4 Å². The van der Waals surface area contributed by atoms with E-state index in [1.165, 1.54) is 17.8 Å². The number of hydrogen-bond acceptors (Lipinski definition) is 3. The van der Waals surface area contributed by atoms with Gasteiger partial charge in [-0.1, -0.05) is 53.7 Å². The van der Waals surface area contributed by atoms with Gasteiger partial charge in [-0.05, 0) is 55.3 Å². The topological polar surface area (TPSA) is 61.5 Å². The van der Waals surface area contributed by atoms with Gasteiger partial charge in [0, 0.05) is 22.5 Å². The van der Waals surface area contributed by atoms with E-state index in [1.54, 1.807) is 23.1 Å². The molecule has 0 atom stereocenters. The predicted octanol–water partition coefficient (Wildman–Crippen LogP) is 6.19. The first-order chi connectivity index (χ1) is 15.8. The molecule has 1 N–H and O–H groups in total. The van der Waals surface area contributed by atoms with Crippen LogP contribution in [0.15, 0.2) is 70.6 Å². The molecule has 2 aliphatic heterocycles. The van der Waals surface area contributed by atoms with Crippen LogP contribution in [-0.2, 0) is 4.79 Å². The number of hydrogen-bond donors (Lipinski definition) is 1. The summed E-state index contributed by atoms with van der Waals surface area (Å²) < 4.78 is 15.6. The van der Waals surface area contributed by atoms with Crippen molar-refractivity contribution in [2.24, 2.45) is 4.99 Å². The molecular weight excluding hydrogens is 459 g/mol. The van der Waals surface area contributed by atoms with E-state index in [2.05, 4.69) is 4.99 Å². The number of nitrogens with zero attached hydrogens (tertiary/aromatic N) is 3. The van der Waals surface area contributed by atoms with Crippen LogP contribution in [0.2, 0.25) is 5.02 Å². The van der Waals surface area contributed by atoms with Crippen LogP contribution in [0.1, 0.15) is 22.5 Å². The Morgan fingerprint density at radius 1 is 1.12 bits per heavy atom. The van der Waals surface area contributed by atoms with Gasteiger partial charge in [0.25, 0.3) is 5.91 Å². The van der Waals surface area contributed by atoms with Crippen molar-refractivity contribution in [1.82, 2.24) is 9.47 Å². The van der Waals surface area contributed by atoms with Crippen LogP contribution in [0.4, 0.5) is 4.39 Å². The van der Waals surface area contributed by atoms with Crippen molar-refractivity contribution in [3.63, 3.8) is 0 Å². The predicted molar refractivity (Wildman–Crippen MR) is 132 cm³/mol. The number of carbonyl (C=O) groups is 1. The number of aliphatic imine (C=N–C) groups is 1. The highest BCUT2D eigenvalue weighted by molar-refractivity contribution is 8.17. The molecule has 5 nitrogen and oxygen atoms in total. The Balaban J connectivity index is 1.55. The fourth-order valence-electron chi connectivity index (χ4n) is 4.03. The zero-order valence-corrected chi connectivity index (χ0v) is 19.3. The van der Waals surface area contributed by atoms with E-state index in [1.807, 2.05) is 60.2 Å². The van der Waals surface area contributed by atoms with Gasteiger partial charge >= 0.3 is 0 Å². The van der Waals surface area contributed by atoms with Crippen LogP contribution in [0, 0.1) is 25.1 Å². The smallest absolute Gasteiger partial charge is 0.283 e. The van der Waals surface area contributed by atoms with Crippen molar-refractivity contribution >= 4 is 52.0 Å². The molecule has 2 aliphatic rings. The highest BCUT2D eigenvalue weighted by Crippen LogP contribution is 2.37. The van der Waals surface area contributed by atoms with Crippen LogP contribution in [0.25, 0.3) is 17.5 Å². The lowest BCUT2D eigenvalue weighted by Crippen LogP contribution is -2.38. The van der Waals surface area contributed by atoms with Crippen molar-refractivity contribution in [1.29, 1.82) is 5.41 Å². The van der Waals surface area contributed by atoms with Gasteiger partial charge in [-0.25, -0.2) is 4.39 Å². The average Bonchev–Trinajstić information content (AvgIpc) is 3.34. The number of carbonyl (C=O) groups excluding carboxylic acids is 1. The third-order valence-electron chi connectivity index (χ3n) is 5.62. The molecule has 3 heterocycles. The van der Waals surface area contributed by atoms with E-state index < -0.39 is 11.7 Å². The molecule has 1 amide bonds. The Morgan fingerprint density at radius 2 is 1.88 bits per heavy atom. The minimum atomic E-state index is -0.481. The summed E-state index contributed by atoms with van der Waals surface area (Å²) in [5.74, 6) is -0.846. The zero-order valence-electron chi connectivity index (χ0n) is 17.8. The first kappa shape index (κ1) is 21.4. The number of nitrogens with one attached hydrogen (secondary N) is 1. The van der Waals surface area contributed by atoms with Crippen molar-refractivity contribution in [3.05, 3.63) is 98.9 Å². The summed E-state index contributed by atoms with van der Waals surface area (Å²) in [6.07, 6.45) is 1.69. The average molecular weight is 477 g/mol. The largest absolute Gasteiger partial charge is 0.318 e. The molecule has 0 saturated carbocycles. The highest BCUT2D eigenvalue weighted by Gasteiger charge is 2.36. The summed E-state index contributed by atoms with van der Waals surface area (Å²) in [5, 5.41) is 11.2. The first-order valence-electron chi connectivity index (χ1n) is 10.2. The summed E-state index contributed by atoms with van der Waals surface area (Å²) in [7, 11) is 0. The Hall–Kier alpha value is -3.42. The van der Waals surface area contributed by atoms with E-state index in [4.69, 9.17) is 17.0 Å². The molecule has 33 heavy (non-hydrogen) atoms. The lowest BCUT2D eigenvalue weighted by molar-refractivity contribution is -0.114. The first-order valence-corrected chi connectivity index (χ1v) is 11.4. The van der Waals surface area contributed by atoms with E-state index in [9.17, 15) is 9.18 Å². The van der Waals surface area contributed by atoms with E-state index in [0.717, 1.165) is 33.9 Å². The molecule has 0 bridgehead atoms. The standard InChI is InChI=1S/C25H18ClFN4OS/c1-14-10-17(15(2)30(14)18-8-9-21(27)20(26)12-18)11-19-23(28)31-22(16-6-4-3-5-7-16)13-33-25(31)29-24(19)32/h3-13,28H,1-2H3. The lowest BCUT2D eigenvalue weighted by atomic mass is 10.1. The normalized spacial score (nSPS) is 16.8. The van der Waals surface area contributed by atoms with Crippen LogP contribution in [0.3, 0.4) is 0 Å². The molecular formula is C25H18ClFN4OS. The molecule has 3 aromatic rings. The molecule has 5 rings (SSSR count). The van der Waals surface area contributed by atoms with Crippen molar-refractivity contribution < 1.29 is 9.18 Å². The molecule has 0 fully saturated rings. The van der Waals surface area contributed by atoms with Gasteiger partial charge in [-0.3, -0.25) is 15.1 Å². The van der Waals surface area contributed by atoms with Crippen LogP contribution in [0.5, 0.6) is 0 Å². The summed E-state index contributed by atoms with van der Waals surface area (Å²) in [4.78, 5) is 18.8. The molecule has 8 heteroatoms. The van der Waals surface area contributed by atoms with Crippen molar-refractivity contribution in [2.75, 3.05) is 0 Å². The number of aryl methyl sites for hydroxylation is 1. The fourth-order valence-corrected chi connectivity index (χ4v) is 5.09. The zero-order chi connectivity index (χ0) is 23.3. The molecule has 0 spiro atoms. The van der Waals surface area contributed by atoms with Crippen molar-refractivity contribution in [2.45, 2.75) is 13.8 Å². The molecule has 1 aromatic heterocycles. The second kappa shape index (κ2) is 8.17. The fraction of sp³-hybridized carbons (Fsp3) is 0.0800. The molecule has 0 unspecified atom stereocenters. The van der Waals surface area contributed by atoms with Gasteiger partial charge in [-0.2, -0.15) is 4.99 Å². The minimum absolute atomic E-state index is 0.0396. The molecule has 0 saturated heterocycles. The van der Waals surface area contributed by atoms with Crippen LogP contribution < -0.4 is 0 Å². The maximum absolute atomic E-state index is 13.6. The van der Waals surface area contributed by atoms with Gasteiger partial charge in [0.1, 0.15) is 11.7 Å². The second-order valence-corrected chi connectivity index (χ2v) is 8.93. The number of benzene rings is 2. The van der Waals surface area contributed by atoms with Crippen molar-refractivity contribution in [3.8, 4) is 5.69 Å². The summed E-state index contributed by atoms with van der Waals surface area (Å²) in [6, 6.07) is 16.2. The van der Waals surface area contributed by atoms with E-state index >= 15 is 0 Å². The second-order valence-electron chi connectivity index (χ2n) is 7.69. The molecule has 0 radical (unpaired) electrons. The Labute approximate surface area is 199 Å². The number of halogens is 2. The van der Waals surface area contributed by atoms with Gasteiger partial charge in [0.05, 0.1) is 16.3 Å². The third-order valence-corrected chi connectivity index (χ3v) is 6.73. The lowest BCUT2D eigenvalue weighted by Gasteiger charge is -2.26. The maximum Gasteiger partial charge on any atom is 0.283 e. The summed E-state index contributed by atoms with van der Waals surface area (Å²) in [6.45, 7) is 3.83. The van der Waals surface area contributed by atoms with Crippen LogP contribution >= 0.6 is 23.4 Å². The monoisotopic (exact) mass is 476 g/mol. The third kappa shape index (κ3) is 3.63. The number of aromatic nitrogens is 1. The Bertz CT molecular complexity index is 1420. The van der Waals surface area contributed by atoms with Gasteiger partial charge in [0.2, 0.25) is 0 Å². The molecule has 2 aromatic carbocycles. The van der Waals surface area contributed by atoms with Crippen LogP contribution in [-0.4, -0.2) is 26.4 Å². The quantitative estimate of drug-likeness (QED) is 0.458. The van der Waals surface area contributed by atoms with Gasteiger partial charge in [-0.15, -0.1) is 0 Å². The summed E-state index contributed by atoms with van der Waals surface area (Å²) in [5.41, 5.74) is 5.19. The summed E-state index contributed by atoms with van der Waals surface area (Å²) >= 11 is 7.32.